The predicted molar refractivity (Wildman–Crippen MR) is 160 cm³/mol. The van der Waals surface area contributed by atoms with E-state index in [1.807, 2.05) is 41.3 Å². The Bertz CT molecular complexity index is 1800. The maximum Gasteiger partial charge on any atom is 0.416 e. The van der Waals surface area contributed by atoms with Gasteiger partial charge in [0, 0.05) is 30.1 Å². The molecule has 3 aromatic carbocycles. The number of benzene rings is 3. The van der Waals surface area contributed by atoms with E-state index in [2.05, 4.69) is 16.7 Å². The Morgan fingerprint density at radius 1 is 0.886 bits per heavy atom. The van der Waals surface area contributed by atoms with Crippen molar-refractivity contribution in [1.29, 1.82) is 0 Å². The summed E-state index contributed by atoms with van der Waals surface area (Å²) in [4.78, 5) is 23.4. The normalized spacial score (nSPS) is 18.1. The van der Waals surface area contributed by atoms with Crippen molar-refractivity contribution in [2.24, 2.45) is 0 Å². The van der Waals surface area contributed by atoms with Gasteiger partial charge in [-0.2, -0.15) is 13.2 Å². The van der Waals surface area contributed by atoms with Crippen molar-refractivity contribution in [1.82, 2.24) is 14.8 Å². The Kier molecular flexibility index (Phi) is 7.39. The van der Waals surface area contributed by atoms with Crippen molar-refractivity contribution in [3.63, 3.8) is 0 Å². The number of amides is 1. The lowest BCUT2D eigenvalue weighted by atomic mass is 9.99. The fourth-order valence-corrected chi connectivity index (χ4v) is 6.34. The van der Waals surface area contributed by atoms with Crippen molar-refractivity contribution < 1.29 is 27.4 Å². The minimum absolute atomic E-state index is 0.0796. The first-order valence-electron chi connectivity index (χ1n) is 14.9. The summed E-state index contributed by atoms with van der Waals surface area (Å²) < 4.78 is 50.8. The van der Waals surface area contributed by atoms with Crippen LogP contribution in [0.3, 0.4) is 0 Å². The molecule has 2 fully saturated rings. The van der Waals surface area contributed by atoms with Crippen LogP contribution in [0.25, 0.3) is 22.0 Å². The van der Waals surface area contributed by atoms with Gasteiger partial charge in [-0.1, -0.05) is 24.1 Å². The van der Waals surface area contributed by atoms with E-state index in [1.165, 1.54) is 25.0 Å². The number of carbonyl (C=O) groups is 1. The first kappa shape index (κ1) is 28.2. The van der Waals surface area contributed by atoms with E-state index in [0.29, 0.717) is 40.2 Å². The van der Waals surface area contributed by atoms with E-state index in [-0.39, 0.29) is 24.3 Å². The first-order chi connectivity index (χ1) is 21.3. The van der Waals surface area contributed by atoms with E-state index in [9.17, 15) is 18.0 Å². The topological polar surface area (TPSA) is 54.9 Å². The van der Waals surface area contributed by atoms with Gasteiger partial charge in [0.15, 0.2) is 11.5 Å². The summed E-state index contributed by atoms with van der Waals surface area (Å²) in [5, 5.41) is 0.696. The molecule has 3 aliphatic rings. The molecule has 0 unspecified atom stereocenters. The number of alkyl halides is 3. The van der Waals surface area contributed by atoms with Crippen LogP contribution < -0.4 is 9.47 Å². The van der Waals surface area contributed by atoms with Gasteiger partial charge in [-0.15, -0.1) is 0 Å². The molecule has 2 saturated heterocycles. The number of likely N-dealkylation sites (tertiary alicyclic amines) is 2. The van der Waals surface area contributed by atoms with Crippen LogP contribution in [0.15, 0.2) is 66.7 Å². The molecule has 0 saturated carbocycles. The van der Waals surface area contributed by atoms with Crippen LogP contribution in [-0.2, 0) is 6.18 Å². The van der Waals surface area contributed by atoms with Gasteiger partial charge in [0.1, 0.15) is 5.69 Å². The van der Waals surface area contributed by atoms with Gasteiger partial charge < -0.3 is 19.3 Å². The second-order valence-corrected chi connectivity index (χ2v) is 11.5. The number of hydrogen-bond donors (Lipinski definition) is 0. The third-order valence-corrected chi connectivity index (χ3v) is 8.58. The number of nitrogens with zero attached hydrogens (tertiary/aromatic N) is 3. The lowest BCUT2D eigenvalue weighted by Gasteiger charge is -2.29. The van der Waals surface area contributed by atoms with Gasteiger partial charge >= 0.3 is 6.18 Å². The van der Waals surface area contributed by atoms with Crippen molar-refractivity contribution >= 4 is 16.8 Å². The van der Waals surface area contributed by atoms with Crippen LogP contribution in [0.2, 0.25) is 0 Å². The highest BCUT2D eigenvalue weighted by Gasteiger charge is 2.33. The zero-order valence-corrected chi connectivity index (χ0v) is 24.0. The lowest BCUT2D eigenvalue weighted by Crippen LogP contribution is -2.42. The van der Waals surface area contributed by atoms with E-state index in [4.69, 9.17) is 14.5 Å². The molecule has 9 heteroatoms. The highest BCUT2D eigenvalue weighted by Crippen LogP contribution is 2.37. The molecule has 0 N–H and O–H groups in total. The number of fused-ring (bicyclic) bond motifs is 2. The van der Waals surface area contributed by atoms with Crippen LogP contribution in [0, 0.1) is 11.8 Å². The van der Waals surface area contributed by atoms with Crippen LogP contribution in [-0.4, -0.2) is 59.7 Å². The predicted octanol–water partition coefficient (Wildman–Crippen LogP) is 6.75. The molecule has 4 heterocycles. The Hall–Kier alpha value is -4.55. The average Bonchev–Trinajstić information content (AvgIpc) is 3.81. The van der Waals surface area contributed by atoms with Crippen molar-refractivity contribution in [3.05, 3.63) is 89.1 Å². The van der Waals surface area contributed by atoms with Crippen LogP contribution in [0.5, 0.6) is 11.5 Å². The SMILES string of the molecule is O=C(c1cc(C#Cc2cccc(C(F)(F)F)c2)nc2ccc(-c3ccc4c(c3)OCO4)cc12)N1CCC[C@H]1CN1CCCC1. The number of hydrogen-bond acceptors (Lipinski definition) is 5. The molecule has 0 aliphatic carbocycles. The van der Waals surface area contributed by atoms with E-state index < -0.39 is 11.7 Å². The van der Waals surface area contributed by atoms with Gasteiger partial charge in [-0.05, 0) is 104 Å². The fraction of sp³-hybridized carbons (Fsp3) is 0.314. The second kappa shape index (κ2) is 11.5. The van der Waals surface area contributed by atoms with E-state index >= 15 is 0 Å². The van der Waals surface area contributed by atoms with Crippen molar-refractivity contribution in [2.75, 3.05) is 33.0 Å². The molecule has 224 valence electrons. The Morgan fingerprint density at radius 2 is 1.68 bits per heavy atom. The smallest absolute Gasteiger partial charge is 0.416 e. The standard InChI is InChI=1S/C35H30F3N3O3/c36-35(37,38)26-6-3-5-23(17-26)8-11-27-20-30(34(42)41-16-4-7-28(41)21-40-14-1-2-15-40)29-18-24(9-12-31(29)39-27)25-10-13-32-33(19-25)44-22-43-32/h3,5-6,9-10,12-13,17-20,28H,1-2,4,7,14-16,21-22H2/t28-/m0/s1. The van der Waals surface area contributed by atoms with E-state index in [0.717, 1.165) is 55.7 Å². The molecule has 3 aliphatic heterocycles. The first-order valence-corrected chi connectivity index (χ1v) is 14.9. The largest absolute Gasteiger partial charge is 0.454 e. The second-order valence-electron chi connectivity index (χ2n) is 11.5. The molecular formula is C35H30F3N3O3. The van der Waals surface area contributed by atoms with Crippen LogP contribution >= 0.6 is 0 Å². The Morgan fingerprint density at radius 3 is 2.52 bits per heavy atom. The molecule has 1 atom stereocenters. The molecule has 7 rings (SSSR count). The van der Waals surface area contributed by atoms with Gasteiger partial charge in [0.2, 0.25) is 6.79 Å². The van der Waals surface area contributed by atoms with Crippen LogP contribution in [0.4, 0.5) is 13.2 Å². The summed E-state index contributed by atoms with van der Waals surface area (Å²) in [6.45, 7) is 3.83. The number of aromatic nitrogens is 1. The average molecular weight is 598 g/mol. The number of halogens is 3. The lowest BCUT2D eigenvalue weighted by molar-refractivity contribution is -0.137. The van der Waals surface area contributed by atoms with Gasteiger partial charge in [-0.25, -0.2) is 4.98 Å². The number of ether oxygens (including phenoxy) is 2. The van der Waals surface area contributed by atoms with Crippen molar-refractivity contribution in [3.8, 4) is 34.5 Å². The highest BCUT2D eigenvalue weighted by molar-refractivity contribution is 6.07. The van der Waals surface area contributed by atoms with Gasteiger partial charge in [0.25, 0.3) is 5.91 Å². The monoisotopic (exact) mass is 597 g/mol. The fourth-order valence-electron chi connectivity index (χ4n) is 6.34. The van der Waals surface area contributed by atoms with Gasteiger partial charge in [-0.3, -0.25) is 4.79 Å². The zero-order chi connectivity index (χ0) is 30.3. The quantitative estimate of drug-likeness (QED) is 0.244. The molecule has 0 bridgehead atoms. The molecule has 0 radical (unpaired) electrons. The summed E-state index contributed by atoms with van der Waals surface area (Å²) in [7, 11) is 0. The van der Waals surface area contributed by atoms with E-state index in [1.54, 1.807) is 6.07 Å². The van der Waals surface area contributed by atoms with Crippen molar-refractivity contribution in [2.45, 2.75) is 37.9 Å². The minimum atomic E-state index is -4.46. The Balaban J connectivity index is 1.29. The number of carbonyl (C=O) groups excluding carboxylic acids is 1. The summed E-state index contributed by atoms with van der Waals surface area (Å²) in [6.07, 6.45) is -0.193. The molecule has 4 aromatic rings. The molecule has 44 heavy (non-hydrogen) atoms. The number of pyridine rings is 1. The zero-order valence-electron chi connectivity index (χ0n) is 24.0. The Labute approximate surface area is 253 Å². The molecule has 1 amide bonds. The minimum Gasteiger partial charge on any atom is -0.454 e. The summed E-state index contributed by atoms with van der Waals surface area (Å²) in [5.41, 5.74) is 2.66. The third-order valence-electron chi connectivity index (χ3n) is 8.58. The van der Waals surface area contributed by atoms with Crippen LogP contribution in [0.1, 0.15) is 52.9 Å². The third kappa shape index (κ3) is 5.70. The van der Waals surface area contributed by atoms with Gasteiger partial charge in [0.05, 0.1) is 16.6 Å². The number of rotatable bonds is 4. The highest BCUT2D eigenvalue weighted by atomic mass is 19.4. The summed E-state index contributed by atoms with van der Waals surface area (Å²) >= 11 is 0. The molecule has 6 nitrogen and oxygen atoms in total. The summed E-state index contributed by atoms with van der Waals surface area (Å²) in [6, 6.07) is 18.2. The summed E-state index contributed by atoms with van der Waals surface area (Å²) in [5.74, 6) is 7.02. The molecular weight excluding hydrogens is 567 g/mol. The molecule has 0 spiro atoms. The molecule has 1 aromatic heterocycles. The maximum absolute atomic E-state index is 14.3. The maximum atomic E-state index is 14.3.